The van der Waals surface area contributed by atoms with Crippen molar-refractivity contribution in [2.45, 2.75) is 39.2 Å². The van der Waals surface area contributed by atoms with Crippen molar-refractivity contribution in [2.24, 2.45) is 17.8 Å². The van der Waals surface area contributed by atoms with E-state index in [9.17, 15) is 4.79 Å². The minimum Gasteiger partial charge on any atom is -0.457 e. The van der Waals surface area contributed by atoms with E-state index in [0.29, 0.717) is 11.8 Å². The molecule has 2 fully saturated rings. The molecule has 0 aromatic heterocycles. The predicted octanol–water partition coefficient (Wildman–Crippen LogP) is 3.65. The molecule has 96 valence electrons. The van der Waals surface area contributed by atoms with Gasteiger partial charge in [-0.05, 0) is 43.6 Å². The van der Waals surface area contributed by atoms with Crippen LogP contribution in [0.1, 0.15) is 43.4 Å². The molecule has 1 aliphatic carbocycles. The van der Waals surface area contributed by atoms with Crippen LogP contribution < -0.4 is 0 Å². The van der Waals surface area contributed by atoms with Crippen molar-refractivity contribution in [3.63, 3.8) is 0 Å². The first-order valence-electron chi connectivity index (χ1n) is 6.92. The number of benzene rings is 1. The summed E-state index contributed by atoms with van der Waals surface area (Å²) in [6.45, 7) is 4.25. The smallest absolute Gasteiger partial charge is 0.310 e. The largest absolute Gasteiger partial charge is 0.457 e. The van der Waals surface area contributed by atoms with Crippen LogP contribution in [0.25, 0.3) is 0 Å². The zero-order chi connectivity index (χ0) is 12.7. The molecule has 1 aliphatic heterocycles. The molecule has 2 heteroatoms. The molecule has 0 bridgehead atoms. The van der Waals surface area contributed by atoms with Gasteiger partial charge in [-0.15, -0.1) is 0 Å². The summed E-state index contributed by atoms with van der Waals surface area (Å²) in [6.07, 6.45) is 3.34. The molecule has 0 amide bonds. The lowest BCUT2D eigenvalue weighted by molar-refractivity contribution is -0.165. The van der Waals surface area contributed by atoms with Gasteiger partial charge in [0.1, 0.15) is 6.10 Å². The fourth-order valence-electron chi connectivity index (χ4n) is 3.52. The lowest BCUT2D eigenvalue weighted by Crippen LogP contribution is -2.33. The molecule has 2 unspecified atom stereocenters. The first-order chi connectivity index (χ1) is 8.65. The number of hydrogen-bond donors (Lipinski definition) is 0. The summed E-state index contributed by atoms with van der Waals surface area (Å²) < 4.78 is 5.66. The van der Waals surface area contributed by atoms with Crippen LogP contribution in [0.15, 0.2) is 24.3 Å². The summed E-state index contributed by atoms with van der Waals surface area (Å²) in [5, 5.41) is 0. The molecule has 1 saturated heterocycles. The molecule has 1 heterocycles. The molecule has 0 N–H and O–H groups in total. The fourth-order valence-corrected chi connectivity index (χ4v) is 3.52. The van der Waals surface area contributed by atoms with Gasteiger partial charge in [-0.25, -0.2) is 0 Å². The summed E-state index contributed by atoms with van der Waals surface area (Å²) in [4.78, 5) is 12.1. The van der Waals surface area contributed by atoms with Gasteiger partial charge in [-0.1, -0.05) is 36.8 Å². The fraction of sp³-hybridized carbons (Fsp3) is 0.562. The maximum atomic E-state index is 12.1. The van der Waals surface area contributed by atoms with Crippen molar-refractivity contribution in [1.29, 1.82) is 0 Å². The van der Waals surface area contributed by atoms with E-state index >= 15 is 0 Å². The van der Waals surface area contributed by atoms with Gasteiger partial charge in [-0.2, -0.15) is 0 Å². The minimum absolute atomic E-state index is 0.0235. The van der Waals surface area contributed by atoms with Crippen LogP contribution in [0.4, 0.5) is 0 Å². The van der Waals surface area contributed by atoms with Gasteiger partial charge in [0.05, 0.1) is 5.92 Å². The molecule has 1 saturated carbocycles. The zero-order valence-corrected chi connectivity index (χ0v) is 11.1. The topological polar surface area (TPSA) is 26.3 Å². The molecule has 3 rings (SSSR count). The van der Waals surface area contributed by atoms with E-state index in [2.05, 4.69) is 38.1 Å². The van der Waals surface area contributed by atoms with Crippen molar-refractivity contribution < 1.29 is 9.53 Å². The lowest BCUT2D eigenvalue weighted by atomic mass is 9.83. The van der Waals surface area contributed by atoms with E-state index in [4.69, 9.17) is 4.74 Å². The van der Waals surface area contributed by atoms with Crippen molar-refractivity contribution in [2.75, 3.05) is 0 Å². The predicted molar refractivity (Wildman–Crippen MR) is 70.0 cm³/mol. The second-order valence-corrected chi connectivity index (χ2v) is 5.91. The molecule has 4 atom stereocenters. The van der Waals surface area contributed by atoms with Gasteiger partial charge in [-0.3, -0.25) is 4.79 Å². The van der Waals surface area contributed by atoms with E-state index in [1.54, 1.807) is 0 Å². The number of cyclic esters (lactones) is 1. The van der Waals surface area contributed by atoms with E-state index < -0.39 is 0 Å². The summed E-state index contributed by atoms with van der Waals surface area (Å²) in [6, 6.07) is 8.36. The molecular weight excluding hydrogens is 224 g/mol. The first-order valence-corrected chi connectivity index (χ1v) is 6.92. The van der Waals surface area contributed by atoms with Gasteiger partial charge < -0.3 is 4.74 Å². The molecular formula is C16H20O2. The average molecular weight is 244 g/mol. The number of carbonyl (C=O) groups is 1. The molecule has 1 aromatic rings. The quantitative estimate of drug-likeness (QED) is 0.705. The summed E-state index contributed by atoms with van der Waals surface area (Å²) in [7, 11) is 0. The Morgan fingerprint density at radius 3 is 2.61 bits per heavy atom. The van der Waals surface area contributed by atoms with E-state index in [1.165, 1.54) is 18.4 Å². The monoisotopic (exact) mass is 244 g/mol. The second kappa shape index (κ2) is 4.42. The van der Waals surface area contributed by atoms with E-state index in [1.807, 2.05) is 0 Å². The highest BCUT2D eigenvalue weighted by Crippen LogP contribution is 2.47. The number of carbonyl (C=O) groups excluding carboxylic acids is 1. The standard InChI is InChI=1S/C16H20O2/c1-10-3-6-12(7-4-10)14-9-13-8-5-11(2)15(13)16(17)18-14/h3-4,6-7,11,13-15H,5,8-9H2,1-2H3/t11-,13?,14+,15?/m0/s1. The van der Waals surface area contributed by atoms with Gasteiger partial charge in [0.15, 0.2) is 0 Å². The summed E-state index contributed by atoms with van der Waals surface area (Å²) >= 11 is 0. The molecule has 18 heavy (non-hydrogen) atoms. The van der Waals surface area contributed by atoms with Crippen molar-refractivity contribution in [1.82, 2.24) is 0 Å². The number of rotatable bonds is 1. The minimum atomic E-state index is -0.0235. The van der Waals surface area contributed by atoms with Gasteiger partial charge in [0.2, 0.25) is 0 Å². The van der Waals surface area contributed by atoms with Crippen LogP contribution in [-0.4, -0.2) is 5.97 Å². The van der Waals surface area contributed by atoms with Gasteiger partial charge >= 0.3 is 5.97 Å². The third-order valence-electron chi connectivity index (χ3n) is 4.61. The van der Waals surface area contributed by atoms with Crippen LogP contribution in [0.3, 0.4) is 0 Å². The van der Waals surface area contributed by atoms with Crippen LogP contribution in [0, 0.1) is 24.7 Å². The Balaban J connectivity index is 1.80. The van der Waals surface area contributed by atoms with Crippen LogP contribution in [-0.2, 0) is 9.53 Å². The molecule has 1 aromatic carbocycles. The Morgan fingerprint density at radius 2 is 1.89 bits per heavy atom. The SMILES string of the molecule is Cc1ccc([C@H]2CC3CC[C@H](C)C3C(=O)O2)cc1. The number of fused-ring (bicyclic) bond motifs is 1. The van der Waals surface area contributed by atoms with E-state index in [-0.39, 0.29) is 18.0 Å². The number of hydrogen-bond acceptors (Lipinski definition) is 2. The zero-order valence-electron chi connectivity index (χ0n) is 11.1. The highest BCUT2D eigenvalue weighted by Gasteiger charge is 2.45. The van der Waals surface area contributed by atoms with Crippen LogP contribution in [0.5, 0.6) is 0 Å². The Kier molecular flexibility index (Phi) is 2.89. The maximum absolute atomic E-state index is 12.1. The number of esters is 1. The molecule has 0 radical (unpaired) electrons. The van der Waals surface area contributed by atoms with Crippen LogP contribution >= 0.6 is 0 Å². The van der Waals surface area contributed by atoms with Crippen molar-refractivity contribution in [3.8, 4) is 0 Å². The summed E-state index contributed by atoms with van der Waals surface area (Å²) in [5.41, 5.74) is 2.39. The summed E-state index contributed by atoms with van der Waals surface area (Å²) in [5.74, 6) is 1.22. The maximum Gasteiger partial charge on any atom is 0.310 e. The highest BCUT2D eigenvalue weighted by atomic mass is 16.5. The van der Waals surface area contributed by atoms with Gasteiger partial charge in [0.25, 0.3) is 0 Å². The van der Waals surface area contributed by atoms with Gasteiger partial charge in [0, 0.05) is 0 Å². The molecule has 0 spiro atoms. The number of ether oxygens (including phenoxy) is 1. The lowest BCUT2D eigenvalue weighted by Gasteiger charge is -2.32. The molecule has 2 nitrogen and oxygen atoms in total. The van der Waals surface area contributed by atoms with E-state index in [0.717, 1.165) is 12.0 Å². The van der Waals surface area contributed by atoms with Crippen molar-refractivity contribution in [3.05, 3.63) is 35.4 Å². The number of aryl methyl sites for hydroxylation is 1. The third kappa shape index (κ3) is 1.94. The Labute approximate surface area is 108 Å². The third-order valence-corrected chi connectivity index (χ3v) is 4.61. The Hall–Kier alpha value is -1.31. The molecule has 2 aliphatic rings. The van der Waals surface area contributed by atoms with Crippen molar-refractivity contribution >= 4 is 5.97 Å². The first kappa shape index (κ1) is 11.8. The average Bonchev–Trinajstić information content (AvgIpc) is 2.72. The van der Waals surface area contributed by atoms with Crippen LogP contribution in [0.2, 0.25) is 0 Å². The normalized spacial score (nSPS) is 35.1. The highest BCUT2D eigenvalue weighted by molar-refractivity contribution is 5.74. The Bertz CT molecular complexity index is 449. The Morgan fingerprint density at radius 1 is 1.17 bits per heavy atom. The second-order valence-electron chi connectivity index (χ2n) is 5.91.